The van der Waals surface area contributed by atoms with Gasteiger partial charge < -0.3 is 23.7 Å². The van der Waals surface area contributed by atoms with E-state index in [1.54, 1.807) is 12.1 Å². The Morgan fingerprint density at radius 3 is 1.60 bits per heavy atom. The summed E-state index contributed by atoms with van der Waals surface area (Å²) < 4.78 is 54.3. The second-order valence-corrected chi connectivity index (χ2v) is 5.82. The van der Waals surface area contributed by atoms with Gasteiger partial charge in [0.2, 0.25) is 0 Å². The van der Waals surface area contributed by atoms with Crippen LogP contribution in [0.4, 0.5) is 8.78 Å². The predicted molar refractivity (Wildman–Crippen MR) is 83.3 cm³/mol. The molecule has 0 bridgehead atoms. The van der Waals surface area contributed by atoms with Gasteiger partial charge in [-0.15, -0.1) is 0 Å². The van der Waals surface area contributed by atoms with Crippen molar-refractivity contribution >= 4 is 0 Å². The highest BCUT2D eigenvalue weighted by atomic mass is 19.1. The lowest BCUT2D eigenvalue weighted by Crippen LogP contribution is -2.04. The molecular weight excluding hydrogens is 334 g/mol. The second-order valence-electron chi connectivity index (χ2n) is 5.82. The fraction of sp³-hybridized carbons (Fsp3) is 0.333. The van der Waals surface area contributed by atoms with Crippen LogP contribution >= 0.6 is 0 Å². The third kappa shape index (κ3) is 4.37. The minimum atomic E-state index is -0.639. The van der Waals surface area contributed by atoms with Crippen LogP contribution in [0, 0.1) is 11.6 Å². The lowest BCUT2D eigenvalue weighted by atomic mass is 10.3. The summed E-state index contributed by atoms with van der Waals surface area (Å²) in [6.07, 6.45) is 0.167. The molecule has 2 aromatic rings. The standard InChI is InChI=1S/C18H16F2O5/c19-15-5-11(21-7-13-9-23-13)1-3-17(15)25-18-4-2-12(6-16(18)20)22-8-14-10-24-14/h1-6,13-14H,7-10H2/t13-,14-/m1/s1. The van der Waals surface area contributed by atoms with Gasteiger partial charge >= 0.3 is 0 Å². The van der Waals surface area contributed by atoms with E-state index in [9.17, 15) is 8.78 Å². The molecule has 2 heterocycles. The Kier molecular flexibility index (Phi) is 4.42. The first kappa shape index (κ1) is 16.1. The number of epoxide rings is 2. The summed E-state index contributed by atoms with van der Waals surface area (Å²) in [5.74, 6) is -0.721. The summed E-state index contributed by atoms with van der Waals surface area (Å²) in [4.78, 5) is 0. The van der Waals surface area contributed by atoms with Gasteiger partial charge in [0.05, 0.1) is 13.2 Å². The van der Waals surface area contributed by atoms with Gasteiger partial charge in [0.15, 0.2) is 23.1 Å². The minimum Gasteiger partial charge on any atom is -0.491 e. The Morgan fingerprint density at radius 2 is 1.24 bits per heavy atom. The van der Waals surface area contributed by atoms with E-state index >= 15 is 0 Å². The fourth-order valence-corrected chi connectivity index (χ4v) is 2.13. The van der Waals surface area contributed by atoms with Crippen molar-refractivity contribution in [1.29, 1.82) is 0 Å². The number of ether oxygens (including phenoxy) is 5. The Bertz CT molecular complexity index is 696. The maximum atomic E-state index is 14.1. The molecule has 2 fully saturated rings. The van der Waals surface area contributed by atoms with Crippen molar-refractivity contribution in [2.24, 2.45) is 0 Å². The molecule has 2 atom stereocenters. The molecule has 2 aromatic carbocycles. The van der Waals surface area contributed by atoms with E-state index in [1.165, 1.54) is 24.3 Å². The first-order valence-electron chi connectivity index (χ1n) is 7.93. The highest BCUT2D eigenvalue weighted by molar-refractivity contribution is 5.39. The van der Waals surface area contributed by atoms with Crippen molar-refractivity contribution in [3.05, 3.63) is 48.0 Å². The van der Waals surface area contributed by atoms with Crippen LogP contribution in [0.1, 0.15) is 0 Å². The zero-order valence-corrected chi connectivity index (χ0v) is 13.2. The van der Waals surface area contributed by atoms with Gasteiger partial charge in [-0.3, -0.25) is 0 Å². The van der Waals surface area contributed by atoms with E-state index in [0.717, 1.165) is 0 Å². The Balaban J connectivity index is 1.39. The molecule has 0 N–H and O–H groups in total. The summed E-state index contributed by atoms with van der Waals surface area (Å²) >= 11 is 0. The van der Waals surface area contributed by atoms with Gasteiger partial charge in [0, 0.05) is 12.1 Å². The van der Waals surface area contributed by atoms with E-state index in [0.29, 0.717) is 37.9 Å². The normalized spacial score (nSPS) is 20.9. The predicted octanol–water partition coefficient (Wildman–Crippen LogP) is 3.31. The molecular formula is C18H16F2O5. The Hall–Kier alpha value is -2.38. The SMILES string of the molecule is Fc1cc(OC[C@@H]2CO2)ccc1Oc1ccc(OC[C@@H]2CO2)cc1F. The van der Waals surface area contributed by atoms with E-state index in [4.69, 9.17) is 23.7 Å². The Labute approximate surface area is 143 Å². The maximum absolute atomic E-state index is 14.1. The summed E-state index contributed by atoms with van der Waals surface area (Å²) in [7, 11) is 0. The van der Waals surface area contributed by atoms with E-state index in [-0.39, 0.29) is 23.7 Å². The summed E-state index contributed by atoms with van der Waals surface area (Å²) in [6, 6.07) is 8.31. The van der Waals surface area contributed by atoms with E-state index in [2.05, 4.69) is 0 Å². The average molecular weight is 350 g/mol. The van der Waals surface area contributed by atoms with E-state index in [1.807, 2.05) is 0 Å². The maximum Gasteiger partial charge on any atom is 0.169 e. The topological polar surface area (TPSA) is 52.8 Å². The fourth-order valence-electron chi connectivity index (χ4n) is 2.13. The molecule has 0 saturated carbocycles. The summed E-state index contributed by atoms with van der Waals surface area (Å²) in [6.45, 7) is 2.08. The lowest BCUT2D eigenvalue weighted by molar-refractivity contribution is 0.261. The van der Waals surface area contributed by atoms with Gasteiger partial charge in [0.1, 0.15) is 36.9 Å². The van der Waals surface area contributed by atoms with Crippen LogP contribution in [-0.4, -0.2) is 38.6 Å². The molecule has 2 aliphatic heterocycles. The summed E-state index contributed by atoms with van der Waals surface area (Å²) in [5.41, 5.74) is 0. The molecule has 0 unspecified atom stereocenters. The van der Waals surface area contributed by atoms with Crippen molar-refractivity contribution in [3.8, 4) is 23.0 Å². The van der Waals surface area contributed by atoms with E-state index < -0.39 is 11.6 Å². The molecule has 0 aromatic heterocycles. The number of rotatable bonds is 8. The molecule has 0 aliphatic carbocycles. The van der Waals surface area contributed by atoms with Crippen LogP contribution in [0.3, 0.4) is 0 Å². The van der Waals surface area contributed by atoms with Crippen LogP contribution in [0.2, 0.25) is 0 Å². The van der Waals surface area contributed by atoms with Crippen molar-refractivity contribution in [2.75, 3.05) is 26.4 Å². The molecule has 2 aliphatic rings. The lowest BCUT2D eigenvalue weighted by Gasteiger charge is -2.11. The molecule has 132 valence electrons. The zero-order valence-electron chi connectivity index (χ0n) is 13.2. The molecule has 2 saturated heterocycles. The minimum absolute atomic E-state index is 0.0836. The van der Waals surface area contributed by atoms with Crippen molar-refractivity contribution in [1.82, 2.24) is 0 Å². The van der Waals surface area contributed by atoms with Crippen LogP contribution in [0.25, 0.3) is 0 Å². The van der Waals surface area contributed by atoms with Gasteiger partial charge in [-0.05, 0) is 24.3 Å². The van der Waals surface area contributed by atoms with Crippen LogP contribution in [0.15, 0.2) is 36.4 Å². The van der Waals surface area contributed by atoms with Gasteiger partial charge in [-0.25, -0.2) is 8.78 Å². The van der Waals surface area contributed by atoms with Gasteiger partial charge in [-0.1, -0.05) is 0 Å². The van der Waals surface area contributed by atoms with Gasteiger partial charge in [-0.2, -0.15) is 0 Å². The molecule has 4 rings (SSSR count). The molecule has 25 heavy (non-hydrogen) atoms. The highest BCUT2D eigenvalue weighted by Gasteiger charge is 2.24. The molecule has 7 heteroatoms. The Morgan fingerprint density at radius 1 is 0.800 bits per heavy atom. The first-order valence-corrected chi connectivity index (χ1v) is 7.93. The molecule has 5 nitrogen and oxygen atoms in total. The second kappa shape index (κ2) is 6.85. The quantitative estimate of drug-likeness (QED) is 0.684. The van der Waals surface area contributed by atoms with Crippen LogP contribution in [0.5, 0.6) is 23.0 Å². The van der Waals surface area contributed by atoms with Crippen molar-refractivity contribution < 1.29 is 32.5 Å². The third-order valence-electron chi connectivity index (χ3n) is 3.70. The average Bonchev–Trinajstić information content (AvgIpc) is 3.49. The third-order valence-corrected chi connectivity index (χ3v) is 3.70. The number of halogens is 2. The molecule has 0 radical (unpaired) electrons. The van der Waals surface area contributed by atoms with Gasteiger partial charge in [0.25, 0.3) is 0 Å². The monoisotopic (exact) mass is 350 g/mol. The number of hydrogen-bond acceptors (Lipinski definition) is 5. The number of benzene rings is 2. The first-order chi connectivity index (χ1) is 12.2. The highest BCUT2D eigenvalue weighted by Crippen LogP contribution is 2.31. The van der Waals surface area contributed by atoms with Crippen LogP contribution < -0.4 is 14.2 Å². The van der Waals surface area contributed by atoms with Crippen molar-refractivity contribution in [2.45, 2.75) is 12.2 Å². The zero-order chi connectivity index (χ0) is 17.2. The summed E-state index contributed by atoms with van der Waals surface area (Å²) in [5, 5.41) is 0. The molecule has 0 spiro atoms. The smallest absolute Gasteiger partial charge is 0.169 e. The molecule has 0 amide bonds. The van der Waals surface area contributed by atoms with Crippen LogP contribution in [-0.2, 0) is 9.47 Å². The van der Waals surface area contributed by atoms with Crippen molar-refractivity contribution in [3.63, 3.8) is 0 Å². The number of hydrogen-bond donors (Lipinski definition) is 0. The largest absolute Gasteiger partial charge is 0.491 e.